The van der Waals surface area contributed by atoms with Crippen molar-refractivity contribution in [2.45, 2.75) is 37.5 Å². The van der Waals surface area contributed by atoms with E-state index in [1.165, 1.54) is 24.8 Å². The molecule has 0 bridgehead atoms. The zero-order valence-corrected chi connectivity index (χ0v) is 9.08. The monoisotopic (exact) mass is 205 g/mol. The molecule has 1 aliphatic rings. The Balaban J connectivity index is 2.32. The van der Waals surface area contributed by atoms with Gasteiger partial charge in [0.15, 0.2) is 0 Å². The second-order valence-corrected chi connectivity index (χ2v) is 4.60. The average molecular weight is 205 g/mol. The summed E-state index contributed by atoms with van der Waals surface area (Å²) in [5.41, 5.74) is 7.27. The van der Waals surface area contributed by atoms with Gasteiger partial charge in [0.05, 0.1) is 0 Å². The summed E-state index contributed by atoms with van der Waals surface area (Å²) in [4.78, 5) is 0. The molecule has 0 unspecified atom stereocenters. The molecule has 0 aromatic heterocycles. The normalized spacial score (nSPS) is 20.1. The first-order valence-electron chi connectivity index (χ1n) is 5.76. The Bertz CT molecular complexity index is 329. The van der Waals surface area contributed by atoms with Crippen molar-refractivity contribution in [3.05, 3.63) is 29.8 Å². The SMILES string of the molecule is NCC1(c2cccc(O)c2)CCCCC1. The first kappa shape index (κ1) is 10.5. The highest BCUT2D eigenvalue weighted by Gasteiger charge is 2.32. The van der Waals surface area contributed by atoms with Gasteiger partial charge in [-0.05, 0) is 30.5 Å². The van der Waals surface area contributed by atoms with Gasteiger partial charge in [0.2, 0.25) is 0 Å². The van der Waals surface area contributed by atoms with Crippen molar-refractivity contribution in [1.29, 1.82) is 0 Å². The molecule has 1 fully saturated rings. The van der Waals surface area contributed by atoms with Gasteiger partial charge in [-0.1, -0.05) is 31.4 Å². The summed E-state index contributed by atoms with van der Waals surface area (Å²) in [6, 6.07) is 7.60. The third-order valence-electron chi connectivity index (χ3n) is 3.66. The standard InChI is InChI=1S/C13H19NO/c14-10-13(7-2-1-3-8-13)11-5-4-6-12(15)9-11/h4-6,9,15H,1-3,7-8,10,14H2. The van der Waals surface area contributed by atoms with Crippen LogP contribution in [0, 0.1) is 0 Å². The van der Waals surface area contributed by atoms with E-state index in [2.05, 4.69) is 6.07 Å². The van der Waals surface area contributed by atoms with Crippen molar-refractivity contribution in [3.63, 3.8) is 0 Å². The maximum atomic E-state index is 9.51. The molecule has 1 aromatic carbocycles. The van der Waals surface area contributed by atoms with Gasteiger partial charge in [-0.25, -0.2) is 0 Å². The predicted molar refractivity (Wildman–Crippen MR) is 61.9 cm³/mol. The minimum absolute atomic E-state index is 0.122. The van der Waals surface area contributed by atoms with Crippen LogP contribution in [0.3, 0.4) is 0 Å². The minimum atomic E-state index is 0.122. The summed E-state index contributed by atoms with van der Waals surface area (Å²) in [6.07, 6.45) is 6.15. The molecular weight excluding hydrogens is 186 g/mol. The van der Waals surface area contributed by atoms with E-state index < -0.39 is 0 Å². The van der Waals surface area contributed by atoms with E-state index in [-0.39, 0.29) is 5.41 Å². The van der Waals surface area contributed by atoms with E-state index in [4.69, 9.17) is 5.73 Å². The first-order chi connectivity index (χ1) is 7.27. The zero-order valence-electron chi connectivity index (χ0n) is 9.08. The van der Waals surface area contributed by atoms with Crippen LogP contribution in [-0.4, -0.2) is 11.7 Å². The van der Waals surface area contributed by atoms with Crippen LogP contribution >= 0.6 is 0 Å². The van der Waals surface area contributed by atoms with Crippen LogP contribution in [0.15, 0.2) is 24.3 Å². The number of rotatable bonds is 2. The summed E-state index contributed by atoms with van der Waals surface area (Å²) < 4.78 is 0. The highest BCUT2D eigenvalue weighted by Crippen LogP contribution is 2.39. The molecule has 15 heavy (non-hydrogen) atoms. The maximum Gasteiger partial charge on any atom is 0.115 e. The highest BCUT2D eigenvalue weighted by atomic mass is 16.3. The van der Waals surface area contributed by atoms with Gasteiger partial charge in [0.1, 0.15) is 5.75 Å². The summed E-state index contributed by atoms with van der Waals surface area (Å²) in [7, 11) is 0. The second kappa shape index (κ2) is 4.23. The number of phenolic OH excluding ortho intramolecular Hbond substituents is 1. The van der Waals surface area contributed by atoms with Gasteiger partial charge >= 0.3 is 0 Å². The molecule has 82 valence electrons. The summed E-state index contributed by atoms with van der Waals surface area (Å²) in [5, 5.41) is 9.51. The Morgan fingerprint density at radius 3 is 2.53 bits per heavy atom. The number of benzene rings is 1. The van der Waals surface area contributed by atoms with Crippen LogP contribution in [-0.2, 0) is 5.41 Å². The van der Waals surface area contributed by atoms with Gasteiger partial charge in [0, 0.05) is 12.0 Å². The van der Waals surface area contributed by atoms with Gasteiger partial charge in [0.25, 0.3) is 0 Å². The molecule has 3 N–H and O–H groups in total. The molecule has 0 spiro atoms. The van der Waals surface area contributed by atoms with Gasteiger partial charge in [-0.3, -0.25) is 0 Å². The maximum absolute atomic E-state index is 9.51. The molecule has 0 amide bonds. The molecule has 1 saturated carbocycles. The van der Waals surface area contributed by atoms with E-state index in [1.54, 1.807) is 6.07 Å². The number of nitrogens with two attached hydrogens (primary N) is 1. The van der Waals surface area contributed by atoms with E-state index in [0.29, 0.717) is 12.3 Å². The largest absolute Gasteiger partial charge is 0.508 e. The van der Waals surface area contributed by atoms with E-state index in [9.17, 15) is 5.11 Å². The molecule has 0 heterocycles. The zero-order chi connectivity index (χ0) is 10.7. The predicted octanol–water partition coefficient (Wildman–Crippen LogP) is 2.55. The fourth-order valence-electron chi connectivity index (χ4n) is 2.67. The quantitative estimate of drug-likeness (QED) is 0.779. The van der Waals surface area contributed by atoms with Crippen molar-refractivity contribution in [2.24, 2.45) is 5.73 Å². The van der Waals surface area contributed by atoms with Crippen LogP contribution < -0.4 is 5.73 Å². The van der Waals surface area contributed by atoms with Crippen molar-refractivity contribution < 1.29 is 5.11 Å². The lowest BCUT2D eigenvalue weighted by Crippen LogP contribution is -2.37. The van der Waals surface area contributed by atoms with Crippen LogP contribution in [0.4, 0.5) is 0 Å². The highest BCUT2D eigenvalue weighted by molar-refractivity contribution is 5.33. The van der Waals surface area contributed by atoms with Crippen molar-refractivity contribution in [1.82, 2.24) is 0 Å². The van der Waals surface area contributed by atoms with Crippen LogP contribution in [0.1, 0.15) is 37.7 Å². The Morgan fingerprint density at radius 2 is 1.93 bits per heavy atom. The van der Waals surface area contributed by atoms with E-state index in [0.717, 1.165) is 12.8 Å². The number of aromatic hydroxyl groups is 1. The molecular formula is C13H19NO. The molecule has 2 nitrogen and oxygen atoms in total. The summed E-state index contributed by atoms with van der Waals surface area (Å²) >= 11 is 0. The molecule has 0 aliphatic heterocycles. The van der Waals surface area contributed by atoms with Crippen molar-refractivity contribution >= 4 is 0 Å². The lowest BCUT2D eigenvalue weighted by Gasteiger charge is -2.36. The number of hydrogen-bond donors (Lipinski definition) is 2. The fraction of sp³-hybridized carbons (Fsp3) is 0.538. The Hall–Kier alpha value is -1.02. The molecule has 2 rings (SSSR count). The molecule has 0 saturated heterocycles. The van der Waals surface area contributed by atoms with Crippen LogP contribution in [0.5, 0.6) is 5.75 Å². The van der Waals surface area contributed by atoms with Gasteiger partial charge < -0.3 is 10.8 Å². The topological polar surface area (TPSA) is 46.2 Å². The molecule has 2 heteroatoms. The smallest absolute Gasteiger partial charge is 0.115 e. The molecule has 1 aromatic rings. The Morgan fingerprint density at radius 1 is 1.20 bits per heavy atom. The molecule has 0 atom stereocenters. The first-order valence-corrected chi connectivity index (χ1v) is 5.76. The van der Waals surface area contributed by atoms with Crippen LogP contribution in [0.2, 0.25) is 0 Å². The van der Waals surface area contributed by atoms with Crippen molar-refractivity contribution in [3.8, 4) is 5.75 Å². The molecule has 0 radical (unpaired) electrons. The lowest BCUT2D eigenvalue weighted by atomic mass is 9.69. The summed E-state index contributed by atoms with van der Waals surface area (Å²) in [5.74, 6) is 0.353. The minimum Gasteiger partial charge on any atom is -0.508 e. The van der Waals surface area contributed by atoms with E-state index >= 15 is 0 Å². The average Bonchev–Trinajstić information content (AvgIpc) is 2.30. The lowest BCUT2D eigenvalue weighted by molar-refractivity contribution is 0.300. The van der Waals surface area contributed by atoms with Gasteiger partial charge in [-0.2, -0.15) is 0 Å². The van der Waals surface area contributed by atoms with Crippen molar-refractivity contribution in [2.75, 3.05) is 6.54 Å². The molecule has 1 aliphatic carbocycles. The number of hydrogen-bond acceptors (Lipinski definition) is 2. The Kier molecular flexibility index (Phi) is 2.96. The third kappa shape index (κ3) is 2.00. The number of phenols is 1. The Labute approximate surface area is 91.1 Å². The summed E-state index contributed by atoms with van der Waals surface area (Å²) in [6.45, 7) is 0.691. The fourth-order valence-corrected chi connectivity index (χ4v) is 2.67. The third-order valence-corrected chi connectivity index (χ3v) is 3.66. The van der Waals surface area contributed by atoms with Crippen LogP contribution in [0.25, 0.3) is 0 Å². The van der Waals surface area contributed by atoms with Gasteiger partial charge in [-0.15, -0.1) is 0 Å². The van der Waals surface area contributed by atoms with E-state index in [1.807, 2.05) is 12.1 Å². The second-order valence-electron chi connectivity index (χ2n) is 4.60.